The summed E-state index contributed by atoms with van der Waals surface area (Å²) in [6, 6.07) is 7.92. The number of halogens is 1. The zero-order valence-corrected chi connectivity index (χ0v) is 10.5. The third kappa shape index (κ3) is 3.14. The number of anilines is 2. The van der Waals surface area contributed by atoms with Gasteiger partial charge in [0, 0.05) is 18.1 Å². The van der Waals surface area contributed by atoms with E-state index in [1.807, 2.05) is 37.1 Å². The molecule has 0 aromatic heterocycles. The minimum absolute atomic E-state index is 0.00613. The lowest BCUT2D eigenvalue weighted by molar-refractivity contribution is 0.717. The molecule has 3 nitrogen and oxygen atoms in total. The molecule has 0 saturated carbocycles. The Bertz CT molecular complexity index is 384. The molecule has 0 bridgehead atoms. The Labute approximate surface area is 98.6 Å². The molecule has 0 radical (unpaired) electrons. The Morgan fingerprint density at radius 1 is 1.60 bits per heavy atom. The van der Waals surface area contributed by atoms with Crippen molar-refractivity contribution < 1.29 is 0 Å². The quantitative estimate of drug-likeness (QED) is 0.857. The first-order valence-corrected chi connectivity index (χ1v) is 5.49. The van der Waals surface area contributed by atoms with Gasteiger partial charge < -0.3 is 10.6 Å². The highest BCUT2D eigenvalue weighted by Gasteiger charge is 2.09. The number of benzene rings is 1. The van der Waals surface area contributed by atoms with Crippen molar-refractivity contribution in [3.05, 3.63) is 22.7 Å². The summed E-state index contributed by atoms with van der Waals surface area (Å²) in [6.07, 6.45) is 0. The van der Waals surface area contributed by atoms with Crippen LogP contribution in [0.4, 0.5) is 11.4 Å². The molecule has 0 aliphatic heterocycles. The fourth-order valence-electron chi connectivity index (χ4n) is 1.40. The van der Waals surface area contributed by atoms with Gasteiger partial charge in [-0.15, -0.1) is 0 Å². The van der Waals surface area contributed by atoms with Crippen molar-refractivity contribution in [1.82, 2.24) is 0 Å². The molecule has 1 aromatic rings. The molecular weight excluding hydrogens is 254 g/mol. The van der Waals surface area contributed by atoms with Crippen LogP contribution >= 0.6 is 15.9 Å². The molecule has 1 rings (SSSR count). The number of nitrogens with two attached hydrogens (primary N) is 1. The van der Waals surface area contributed by atoms with E-state index in [1.165, 1.54) is 0 Å². The molecule has 0 fully saturated rings. The van der Waals surface area contributed by atoms with Gasteiger partial charge in [0.1, 0.15) is 0 Å². The second-order valence-electron chi connectivity index (χ2n) is 3.61. The summed E-state index contributed by atoms with van der Waals surface area (Å²) in [7, 11) is 1.94. The molecule has 0 amide bonds. The van der Waals surface area contributed by atoms with Crippen molar-refractivity contribution >= 4 is 27.3 Å². The summed E-state index contributed by atoms with van der Waals surface area (Å²) in [6.45, 7) is 2.57. The largest absolute Gasteiger partial charge is 0.397 e. The van der Waals surface area contributed by atoms with E-state index in [0.29, 0.717) is 6.54 Å². The SMILES string of the molecule is CC(C#N)CN(C)c1cc(Br)ccc1N. The topological polar surface area (TPSA) is 53.0 Å². The van der Waals surface area contributed by atoms with Gasteiger partial charge >= 0.3 is 0 Å². The van der Waals surface area contributed by atoms with Gasteiger partial charge in [-0.3, -0.25) is 0 Å². The van der Waals surface area contributed by atoms with E-state index in [9.17, 15) is 0 Å². The number of nitrogen functional groups attached to an aromatic ring is 1. The van der Waals surface area contributed by atoms with Crippen molar-refractivity contribution in [3.8, 4) is 6.07 Å². The molecule has 0 aliphatic carbocycles. The summed E-state index contributed by atoms with van der Waals surface area (Å²) >= 11 is 3.40. The van der Waals surface area contributed by atoms with E-state index < -0.39 is 0 Å². The number of rotatable bonds is 3. The number of nitrogens with zero attached hydrogens (tertiary/aromatic N) is 2. The monoisotopic (exact) mass is 267 g/mol. The van der Waals surface area contributed by atoms with Gasteiger partial charge in [0.2, 0.25) is 0 Å². The van der Waals surface area contributed by atoms with Crippen molar-refractivity contribution in [2.24, 2.45) is 5.92 Å². The van der Waals surface area contributed by atoms with E-state index in [-0.39, 0.29) is 5.92 Å². The molecule has 0 spiro atoms. The molecule has 80 valence electrons. The highest BCUT2D eigenvalue weighted by atomic mass is 79.9. The smallest absolute Gasteiger partial charge is 0.0671 e. The summed E-state index contributed by atoms with van der Waals surface area (Å²) in [5.41, 5.74) is 7.54. The molecular formula is C11H14BrN3. The van der Waals surface area contributed by atoms with Crippen LogP contribution in [0.5, 0.6) is 0 Å². The summed E-state index contributed by atoms with van der Waals surface area (Å²) in [4.78, 5) is 1.99. The second-order valence-corrected chi connectivity index (χ2v) is 4.53. The minimum atomic E-state index is -0.00613. The van der Waals surface area contributed by atoms with Crippen LogP contribution in [0.15, 0.2) is 22.7 Å². The van der Waals surface area contributed by atoms with Gasteiger partial charge in [-0.2, -0.15) is 5.26 Å². The van der Waals surface area contributed by atoms with Gasteiger partial charge in [0.25, 0.3) is 0 Å². The van der Waals surface area contributed by atoms with Gasteiger partial charge in [0.15, 0.2) is 0 Å². The average molecular weight is 268 g/mol. The van der Waals surface area contributed by atoms with Crippen molar-refractivity contribution in [1.29, 1.82) is 5.26 Å². The van der Waals surface area contributed by atoms with Gasteiger partial charge in [-0.25, -0.2) is 0 Å². The maximum Gasteiger partial charge on any atom is 0.0671 e. The third-order valence-electron chi connectivity index (χ3n) is 2.17. The molecule has 2 N–H and O–H groups in total. The normalized spacial score (nSPS) is 11.9. The summed E-state index contributed by atoms with van der Waals surface area (Å²) in [5.74, 6) is -0.00613. The van der Waals surface area contributed by atoms with Crippen molar-refractivity contribution in [2.45, 2.75) is 6.92 Å². The number of hydrogen-bond donors (Lipinski definition) is 1. The van der Waals surface area contributed by atoms with Crippen LogP contribution in [0.2, 0.25) is 0 Å². The van der Waals surface area contributed by atoms with Crippen LogP contribution in [0.3, 0.4) is 0 Å². The molecule has 4 heteroatoms. The van der Waals surface area contributed by atoms with E-state index in [0.717, 1.165) is 15.8 Å². The molecule has 0 heterocycles. The zero-order valence-electron chi connectivity index (χ0n) is 8.87. The van der Waals surface area contributed by atoms with Crippen LogP contribution in [-0.2, 0) is 0 Å². The maximum absolute atomic E-state index is 8.74. The second kappa shape index (κ2) is 5.04. The summed E-state index contributed by atoms with van der Waals surface area (Å²) < 4.78 is 0.989. The first kappa shape index (κ1) is 11.9. The highest BCUT2D eigenvalue weighted by Crippen LogP contribution is 2.26. The lowest BCUT2D eigenvalue weighted by Crippen LogP contribution is -2.24. The first-order chi connectivity index (χ1) is 7.04. The van der Waals surface area contributed by atoms with Crippen molar-refractivity contribution in [2.75, 3.05) is 24.2 Å². The maximum atomic E-state index is 8.74. The lowest BCUT2D eigenvalue weighted by Gasteiger charge is -2.22. The first-order valence-electron chi connectivity index (χ1n) is 4.70. The van der Waals surface area contributed by atoms with Crippen LogP contribution in [0.25, 0.3) is 0 Å². The Morgan fingerprint density at radius 3 is 2.87 bits per heavy atom. The predicted octanol–water partition coefficient (Wildman–Crippen LogP) is 2.63. The Hall–Kier alpha value is -1.21. The predicted molar refractivity (Wildman–Crippen MR) is 66.6 cm³/mol. The molecule has 1 atom stereocenters. The lowest BCUT2D eigenvalue weighted by atomic mass is 10.2. The molecule has 15 heavy (non-hydrogen) atoms. The fourth-order valence-corrected chi connectivity index (χ4v) is 1.75. The average Bonchev–Trinajstić information content (AvgIpc) is 2.21. The Kier molecular flexibility index (Phi) is 3.98. The standard InChI is InChI=1S/C11H14BrN3/c1-8(6-13)7-15(2)11-5-9(12)3-4-10(11)14/h3-5,8H,7,14H2,1-2H3. The van der Waals surface area contributed by atoms with Gasteiger partial charge in [0.05, 0.1) is 23.4 Å². The van der Waals surface area contributed by atoms with Gasteiger partial charge in [-0.05, 0) is 25.1 Å². The van der Waals surface area contributed by atoms with E-state index in [1.54, 1.807) is 0 Å². The van der Waals surface area contributed by atoms with Crippen LogP contribution in [0, 0.1) is 17.2 Å². The minimum Gasteiger partial charge on any atom is -0.397 e. The molecule has 0 saturated heterocycles. The Morgan fingerprint density at radius 2 is 2.27 bits per heavy atom. The van der Waals surface area contributed by atoms with Crippen LogP contribution in [0.1, 0.15) is 6.92 Å². The summed E-state index contributed by atoms with van der Waals surface area (Å²) in [5, 5.41) is 8.74. The highest BCUT2D eigenvalue weighted by molar-refractivity contribution is 9.10. The van der Waals surface area contributed by atoms with E-state index in [2.05, 4.69) is 22.0 Å². The zero-order chi connectivity index (χ0) is 11.4. The van der Waals surface area contributed by atoms with Crippen LogP contribution < -0.4 is 10.6 Å². The third-order valence-corrected chi connectivity index (χ3v) is 2.67. The molecule has 1 aromatic carbocycles. The molecule has 0 aliphatic rings. The van der Waals surface area contributed by atoms with Crippen LogP contribution in [-0.4, -0.2) is 13.6 Å². The van der Waals surface area contributed by atoms with Gasteiger partial charge in [-0.1, -0.05) is 15.9 Å². The van der Waals surface area contributed by atoms with E-state index in [4.69, 9.17) is 11.0 Å². The van der Waals surface area contributed by atoms with E-state index >= 15 is 0 Å². The Balaban J connectivity index is 2.86. The van der Waals surface area contributed by atoms with Crippen molar-refractivity contribution in [3.63, 3.8) is 0 Å². The number of hydrogen-bond acceptors (Lipinski definition) is 3. The fraction of sp³-hybridized carbons (Fsp3) is 0.364. The number of nitriles is 1. The molecule has 1 unspecified atom stereocenters.